The molecule has 0 fully saturated rings. The lowest BCUT2D eigenvalue weighted by molar-refractivity contribution is 0.249. The van der Waals surface area contributed by atoms with E-state index in [9.17, 15) is 4.79 Å². The van der Waals surface area contributed by atoms with Crippen molar-refractivity contribution in [3.8, 4) is 6.07 Å². The zero-order valence-electron chi connectivity index (χ0n) is 10.3. The summed E-state index contributed by atoms with van der Waals surface area (Å²) in [4.78, 5) is 18.8. The molecule has 0 spiro atoms. The molecule has 0 bridgehead atoms. The van der Waals surface area contributed by atoms with E-state index in [0.29, 0.717) is 17.1 Å². The molecule has 2 aromatic rings. The number of H-pyrrole nitrogens is 1. The molecule has 0 aliphatic carbocycles. The Morgan fingerprint density at radius 3 is 3.05 bits per heavy atom. The second kappa shape index (κ2) is 5.69. The van der Waals surface area contributed by atoms with Gasteiger partial charge in [-0.25, -0.2) is 9.78 Å². The van der Waals surface area contributed by atoms with E-state index in [1.807, 2.05) is 13.0 Å². The fraction of sp³-hybridized carbons (Fsp3) is 0.154. The quantitative estimate of drug-likeness (QED) is 0.784. The summed E-state index contributed by atoms with van der Waals surface area (Å²) in [5.41, 5.74) is 1.07. The van der Waals surface area contributed by atoms with Gasteiger partial charge in [0, 0.05) is 18.1 Å². The van der Waals surface area contributed by atoms with Crippen LogP contribution in [0.1, 0.15) is 24.4 Å². The Morgan fingerprint density at radius 1 is 1.53 bits per heavy atom. The summed E-state index contributed by atoms with van der Waals surface area (Å²) in [6.45, 7) is 1.82. The number of amides is 2. The van der Waals surface area contributed by atoms with Crippen LogP contribution in [0.5, 0.6) is 0 Å². The van der Waals surface area contributed by atoms with Gasteiger partial charge in [0.2, 0.25) is 0 Å². The number of urea groups is 1. The molecule has 1 unspecified atom stereocenters. The molecule has 1 atom stereocenters. The first-order chi connectivity index (χ1) is 9.19. The molecule has 3 N–H and O–H groups in total. The number of anilines is 1. The molecule has 19 heavy (non-hydrogen) atoms. The molecule has 0 aliphatic rings. The van der Waals surface area contributed by atoms with Crippen LogP contribution in [0.25, 0.3) is 0 Å². The van der Waals surface area contributed by atoms with Crippen LogP contribution in [0.4, 0.5) is 10.5 Å². The largest absolute Gasteiger partial charge is 0.347 e. The molecule has 0 saturated heterocycles. The van der Waals surface area contributed by atoms with Crippen LogP contribution in [0, 0.1) is 11.3 Å². The van der Waals surface area contributed by atoms with Gasteiger partial charge in [-0.1, -0.05) is 6.07 Å². The van der Waals surface area contributed by atoms with E-state index < -0.39 is 0 Å². The first-order valence-electron chi connectivity index (χ1n) is 5.76. The lowest BCUT2D eigenvalue weighted by Crippen LogP contribution is -2.31. The van der Waals surface area contributed by atoms with Gasteiger partial charge in [-0.15, -0.1) is 0 Å². The van der Waals surface area contributed by atoms with Gasteiger partial charge in [-0.2, -0.15) is 5.26 Å². The molecule has 0 aliphatic heterocycles. The van der Waals surface area contributed by atoms with E-state index in [1.54, 1.807) is 36.7 Å². The summed E-state index contributed by atoms with van der Waals surface area (Å²) in [6.07, 6.45) is 3.32. The summed E-state index contributed by atoms with van der Waals surface area (Å²) >= 11 is 0. The lowest BCUT2D eigenvalue weighted by Gasteiger charge is -2.12. The third-order valence-electron chi connectivity index (χ3n) is 2.53. The number of imidazole rings is 1. The number of hydrogen-bond donors (Lipinski definition) is 3. The van der Waals surface area contributed by atoms with Gasteiger partial charge in [-0.05, 0) is 25.1 Å². The van der Waals surface area contributed by atoms with Crippen molar-refractivity contribution in [3.63, 3.8) is 0 Å². The number of benzene rings is 1. The Bertz CT molecular complexity index is 600. The molecular weight excluding hydrogens is 242 g/mol. The van der Waals surface area contributed by atoms with Gasteiger partial charge in [0.1, 0.15) is 5.82 Å². The molecule has 1 aromatic heterocycles. The minimum Gasteiger partial charge on any atom is -0.347 e. The number of hydrogen-bond acceptors (Lipinski definition) is 3. The third kappa shape index (κ3) is 3.33. The zero-order chi connectivity index (χ0) is 13.7. The number of nitriles is 1. The molecule has 0 radical (unpaired) electrons. The maximum Gasteiger partial charge on any atom is 0.319 e. The molecule has 1 aromatic carbocycles. The normalized spacial score (nSPS) is 11.4. The summed E-state index contributed by atoms with van der Waals surface area (Å²) in [5, 5.41) is 14.2. The van der Waals surface area contributed by atoms with Crippen molar-refractivity contribution in [2.24, 2.45) is 0 Å². The minimum atomic E-state index is -0.348. The third-order valence-corrected chi connectivity index (χ3v) is 2.53. The van der Waals surface area contributed by atoms with Crippen molar-refractivity contribution >= 4 is 11.7 Å². The van der Waals surface area contributed by atoms with Gasteiger partial charge in [0.05, 0.1) is 17.7 Å². The van der Waals surface area contributed by atoms with Crippen LogP contribution in [-0.2, 0) is 0 Å². The Balaban J connectivity index is 1.96. The van der Waals surface area contributed by atoms with E-state index in [2.05, 4.69) is 20.6 Å². The van der Waals surface area contributed by atoms with E-state index in [1.165, 1.54) is 0 Å². The topological polar surface area (TPSA) is 93.6 Å². The van der Waals surface area contributed by atoms with Crippen LogP contribution in [0.2, 0.25) is 0 Å². The number of aromatic amines is 1. The number of aromatic nitrogens is 2. The molecule has 6 heteroatoms. The van der Waals surface area contributed by atoms with E-state index in [0.717, 1.165) is 0 Å². The predicted octanol–water partition coefficient (Wildman–Crippen LogP) is 2.16. The highest BCUT2D eigenvalue weighted by Crippen LogP contribution is 2.10. The monoisotopic (exact) mass is 255 g/mol. The average molecular weight is 255 g/mol. The van der Waals surface area contributed by atoms with Crippen molar-refractivity contribution < 1.29 is 4.79 Å². The Hall–Kier alpha value is -2.81. The average Bonchev–Trinajstić information content (AvgIpc) is 2.92. The van der Waals surface area contributed by atoms with E-state index >= 15 is 0 Å². The second-order valence-electron chi connectivity index (χ2n) is 3.99. The molecule has 2 rings (SSSR count). The predicted molar refractivity (Wildman–Crippen MR) is 70.3 cm³/mol. The van der Waals surface area contributed by atoms with Crippen molar-refractivity contribution in [2.75, 3.05) is 5.32 Å². The van der Waals surface area contributed by atoms with Crippen LogP contribution in [0.3, 0.4) is 0 Å². The zero-order valence-corrected chi connectivity index (χ0v) is 10.3. The fourth-order valence-electron chi connectivity index (χ4n) is 1.61. The van der Waals surface area contributed by atoms with E-state index in [4.69, 9.17) is 5.26 Å². The first-order valence-corrected chi connectivity index (χ1v) is 5.76. The van der Waals surface area contributed by atoms with Gasteiger partial charge >= 0.3 is 6.03 Å². The van der Waals surface area contributed by atoms with Crippen molar-refractivity contribution in [1.29, 1.82) is 5.26 Å². The van der Waals surface area contributed by atoms with Gasteiger partial charge in [0.15, 0.2) is 0 Å². The number of carbonyl (C=O) groups excluding carboxylic acids is 1. The van der Waals surface area contributed by atoms with Crippen LogP contribution in [0.15, 0.2) is 36.7 Å². The fourth-order valence-corrected chi connectivity index (χ4v) is 1.61. The highest BCUT2D eigenvalue weighted by Gasteiger charge is 2.11. The Labute approximate surface area is 110 Å². The standard InChI is InChI=1S/C13H13N5O/c1-9(12-15-5-6-16-12)17-13(19)18-11-4-2-3-10(7-11)8-14/h2-7,9H,1H3,(H,15,16)(H2,17,18,19). The van der Waals surface area contributed by atoms with Crippen LogP contribution < -0.4 is 10.6 Å². The number of rotatable bonds is 3. The summed E-state index contributed by atoms with van der Waals surface area (Å²) in [5.74, 6) is 0.681. The summed E-state index contributed by atoms with van der Waals surface area (Å²) in [6, 6.07) is 8.16. The summed E-state index contributed by atoms with van der Waals surface area (Å²) < 4.78 is 0. The Morgan fingerprint density at radius 2 is 2.37 bits per heavy atom. The van der Waals surface area contributed by atoms with Gasteiger partial charge < -0.3 is 15.6 Å². The highest BCUT2D eigenvalue weighted by molar-refractivity contribution is 5.89. The number of nitrogens with zero attached hydrogens (tertiary/aromatic N) is 2. The molecule has 6 nitrogen and oxygen atoms in total. The minimum absolute atomic E-state index is 0.228. The van der Waals surface area contributed by atoms with Crippen molar-refractivity contribution in [1.82, 2.24) is 15.3 Å². The van der Waals surface area contributed by atoms with Gasteiger partial charge in [0.25, 0.3) is 0 Å². The molecule has 96 valence electrons. The lowest BCUT2D eigenvalue weighted by atomic mass is 10.2. The molecular formula is C13H13N5O. The maximum absolute atomic E-state index is 11.8. The van der Waals surface area contributed by atoms with Crippen molar-refractivity contribution in [3.05, 3.63) is 48.0 Å². The highest BCUT2D eigenvalue weighted by atomic mass is 16.2. The Kier molecular flexibility index (Phi) is 3.78. The van der Waals surface area contributed by atoms with E-state index in [-0.39, 0.29) is 12.1 Å². The molecule has 2 amide bonds. The van der Waals surface area contributed by atoms with Crippen LogP contribution >= 0.6 is 0 Å². The smallest absolute Gasteiger partial charge is 0.319 e. The SMILES string of the molecule is CC(NC(=O)Nc1cccc(C#N)c1)c1ncc[nH]1. The maximum atomic E-state index is 11.8. The number of nitrogens with one attached hydrogen (secondary N) is 3. The van der Waals surface area contributed by atoms with Crippen molar-refractivity contribution in [2.45, 2.75) is 13.0 Å². The molecule has 1 heterocycles. The summed E-state index contributed by atoms with van der Waals surface area (Å²) in [7, 11) is 0. The first kappa shape index (κ1) is 12.6. The molecule has 0 saturated carbocycles. The van der Waals surface area contributed by atoms with Gasteiger partial charge in [-0.3, -0.25) is 0 Å². The number of carbonyl (C=O) groups is 1. The second-order valence-corrected chi connectivity index (χ2v) is 3.99. The van der Waals surface area contributed by atoms with Crippen LogP contribution in [-0.4, -0.2) is 16.0 Å².